The molecule has 1 aromatic heterocycles. The summed E-state index contributed by atoms with van der Waals surface area (Å²) >= 11 is 1.31. The van der Waals surface area contributed by atoms with Gasteiger partial charge in [0.1, 0.15) is 5.75 Å². The highest BCUT2D eigenvalue weighted by molar-refractivity contribution is 7.99. The maximum Gasteiger partial charge on any atom is 0.250 e. The molecule has 0 aliphatic heterocycles. The van der Waals surface area contributed by atoms with Crippen LogP contribution in [0.3, 0.4) is 0 Å². The Morgan fingerprint density at radius 1 is 1.14 bits per heavy atom. The average molecular weight is 395 g/mol. The van der Waals surface area contributed by atoms with Gasteiger partial charge in [-0.3, -0.25) is 4.79 Å². The minimum Gasteiger partial charge on any atom is -0.497 e. The van der Waals surface area contributed by atoms with Crippen molar-refractivity contribution in [2.45, 2.75) is 12.1 Å². The molecule has 8 heteroatoms. The number of carbonyl (C=O) groups excluding carboxylic acids is 1. The highest BCUT2D eigenvalue weighted by Crippen LogP contribution is 2.22. The summed E-state index contributed by atoms with van der Waals surface area (Å²) < 4.78 is 7.01. The fourth-order valence-electron chi connectivity index (χ4n) is 2.48. The number of hydrogen-bond acceptors (Lipinski definition) is 6. The molecule has 0 radical (unpaired) electrons. The molecule has 28 heavy (non-hydrogen) atoms. The van der Waals surface area contributed by atoms with Crippen molar-refractivity contribution in [2.24, 2.45) is 12.1 Å². The Labute approximate surface area is 167 Å². The number of nitrogens with one attached hydrogen (secondary N) is 1. The smallest absolute Gasteiger partial charge is 0.250 e. The van der Waals surface area contributed by atoms with Crippen molar-refractivity contribution in [1.82, 2.24) is 20.2 Å². The van der Waals surface area contributed by atoms with Gasteiger partial charge >= 0.3 is 0 Å². The SMILES string of the molecule is COc1ccc(/C(C)=N/NC(=O)CSc2nnc(-c3ccccc3)n2C)cc1. The van der Waals surface area contributed by atoms with Gasteiger partial charge in [0.25, 0.3) is 5.91 Å². The quantitative estimate of drug-likeness (QED) is 0.378. The molecule has 0 bridgehead atoms. The lowest BCUT2D eigenvalue weighted by molar-refractivity contribution is -0.118. The number of rotatable bonds is 7. The maximum absolute atomic E-state index is 12.1. The first-order chi connectivity index (χ1) is 13.6. The van der Waals surface area contributed by atoms with Crippen LogP contribution < -0.4 is 10.2 Å². The lowest BCUT2D eigenvalue weighted by atomic mass is 10.1. The highest BCUT2D eigenvalue weighted by Gasteiger charge is 2.12. The predicted octanol–water partition coefficient (Wildman–Crippen LogP) is 3.12. The Bertz CT molecular complexity index is 968. The second-order valence-corrected chi connectivity index (χ2v) is 6.92. The number of thioether (sulfide) groups is 1. The van der Waals surface area contributed by atoms with Crippen LogP contribution in [0.25, 0.3) is 11.4 Å². The summed E-state index contributed by atoms with van der Waals surface area (Å²) in [5.74, 6) is 1.52. The van der Waals surface area contributed by atoms with Crippen molar-refractivity contribution in [2.75, 3.05) is 12.9 Å². The van der Waals surface area contributed by atoms with Crippen LogP contribution in [0.15, 0.2) is 64.9 Å². The molecular formula is C20H21N5O2S. The molecule has 0 saturated carbocycles. The van der Waals surface area contributed by atoms with E-state index < -0.39 is 0 Å². The van der Waals surface area contributed by atoms with E-state index in [0.717, 1.165) is 22.7 Å². The van der Waals surface area contributed by atoms with Crippen LogP contribution in [-0.4, -0.2) is 39.2 Å². The van der Waals surface area contributed by atoms with Crippen LogP contribution in [-0.2, 0) is 11.8 Å². The number of nitrogens with zero attached hydrogens (tertiary/aromatic N) is 4. The molecule has 0 saturated heterocycles. The zero-order valence-electron chi connectivity index (χ0n) is 15.9. The van der Waals surface area contributed by atoms with Crippen LogP contribution in [0, 0.1) is 0 Å². The van der Waals surface area contributed by atoms with E-state index in [1.165, 1.54) is 11.8 Å². The van der Waals surface area contributed by atoms with Gasteiger partial charge in [-0.2, -0.15) is 5.10 Å². The molecule has 0 fully saturated rings. The fraction of sp³-hybridized carbons (Fsp3) is 0.200. The van der Waals surface area contributed by atoms with Crippen LogP contribution in [0.1, 0.15) is 12.5 Å². The molecule has 0 unspecified atom stereocenters. The number of methoxy groups -OCH3 is 1. The van der Waals surface area contributed by atoms with E-state index in [9.17, 15) is 4.79 Å². The number of amides is 1. The number of hydrazone groups is 1. The fourth-order valence-corrected chi connectivity index (χ4v) is 3.19. The van der Waals surface area contributed by atoms with Crippen LogP contribution in [0.2, 0.25) is 0 Å². The number of ether oxygens (including phenoxy) is 1. The zero-order chi connectivity index (χ0) is 19.9. The van der Waals surface area contributed by atoms with E-state index in [0.29, 0.717) is 10.9 Å². The monoisotopic (exact) mass is 395 g/mol. The summed E-state index contributed by atoms with van der Waals surface area (Å²) in [4.78, 5) is 12.1. The number of aromatic nitrogens is 3. The maximum atomic E-state index is 12.1. The Morgan fingerprint density at radius 3 is 2.54 bits per heavy atom. The van der Waals surface area contributed by atoms with Gasteiger partial charge in [-0.1, -0.05) is 42.1 Å². The molecule has 0 aliphatic rings. The molecule has 1 amide bonds. The molecule has 3 aromatic rings. The minimum absolute atomic E-state index is 0.195. The lowest BCUT2D eigenvalue weighted by Gasteiger charge is -2.05. The molecule has 144 valence electrons. The van der Waals surface area contributed by atoms with Gasteiger partial charge < -0.3 is 9.30 Å². The predicted molar refractivity (Wildman–Crippen MR) is 111 cm³/mol. The van der Waals surface area contributed by atoms with E-state index in [1.807, 2.05) is 73.1 Å². The largest absolute Gasteiger partial charge is 0.497 e. The van der Waals surface area contributed by atoms with Crippen LogP contribution in [0.5, 0.6) is 5.75 Å². The van der Waals surface area contributed by atoms with Crippen molar-refractivity contribution < 1.29 is 9.53 Å². The van der Waals surface area contributed by atoms with Crippen molar-refractivity contribution in [1.29, 1.82) is 0 Å². The van der Waals surface area contributed by atoms with Gasteiger partial charge in [0.2, 0.25) is 0 Å². The first-order valence-electron chi connectivity index (χ1n) is 8.63. The number of benzene rings is 2. The number of hydrogen-bond donors (Lipinski definition) is 1. The van der Waals surface area contributed by atoms with Crippen LogP contribution >= 0.6 is 11.8 Å². The molecule has 7 nitrogen and oxygen atoms in total. The third kappa shape index (κ3) is 4.77. The average Bonchev–Trinajstić information content (AvgIpc) is 3.11. The van der Waals surface area contributed by atoms with Crippen LogP contribution in [0.4, 0.5) is 0 Å². The first kappa shape index (κ1) is 19.6. The summed E-state index contributed by atoms with van der Waals surface area (Å²) in [6.07, 6.45) is 0. The summed E-state index contributed by atoms with van der Waals surface area (Å²) in [5.41, 5.74) is 5.18. The third-order valence-electron chi connectivity index (χ3n) is 4.06. The molecular weight excluding hydrogens is 374 g/mol. The summed E-state index contributed by atoms with van der Waals surface area (Å²) in [5, 5.41) is 13.2. The van der Waals surface area contributed by atoms with Gasteiger partial charge in [-0.15, -0.1) is 10.2 Å². The molecule has 0 spiro atoms. The molecule has 3 rings (SSSR count). The van der Waals surface area contributed by atoms with E-state index >= 15 is 0 Å². The molecule has 1 heterocycles. The highest BCUT2D eigenvalue weighted by atomic mass is 32.2. The molecule has 0 aliphatic carbocycles. The van der Waals surface area contributed by atoms with E-state index in [1.54, 1.807) is 7.11 Å². The summed E-state index contributed by atoms with van der Waals surface area (Å²) in [6.45, 7) is 1.84. The Morgan fingerprint density at radius 2 is 1.86 bits per heavy atom. The van der Waals surface area contributed by atoms with Gasteiger partial charge in [0, 0.05) is 12.6 Å². The Kier molecular flexibility index (Phi) is 6.44. The standard InChI is InChI=1S/C20H21N5O2S/c1-14(15-9-11-17(27-3)12-10-15)21-22-18(26)13-28-20-24-23-19(25(20)2)16-7-5-4-6-8-16/h4-12H,13H2,1-3H3,(H,22,26)/b21-14+. The van der Waals surface area contributed by atoms with E-state index in [2.05, 4.69) is 20.7 Å². The second-order valence-electron chi connectivity index (χ2n) is 5.98. The van der Waals surface area contributed by atoms with E-state index in [-0.39, 0.29) is 11.7 Å². The molecule has 2 aromatic carbocycles. The molecule has 0 atom stereocenters. The minimum atomic E-state index is -0.206. The third-order valence-corrected chi connectivity index (χ3v) is 5.08. The topological polar surface area (TPSA) is 81.4 Å². The Hall–Kier alpha value is -3.13. The summed E-state index contributed by atoms with van der Waals surface area (Å²) in [6, 6.07) is 17.3. The number of carbonyl (C=O) groups is 1. The van der Waals surface area contributed by atoms with Gasteiger partial charge in [0.05, 0.1) is 18.6 Å². The second kappa shape index (κ2) is 9.18. The summed E-state index contributed by atoms with van der Waals surface area (Å²) in [7, 11) is 3.50. The van der Waals surface area contributed by atoms with Crippen molar-refractivity contribution in [3.8, 4) is 17.1 Å². The van der Waals surface area contributed by atoms with Crippen molar-refractivity contribution in [3.05, 3.63) is 60.2 Å². The van der Waals surface area contributed by atoms with Gasteiger partial charge in [-0.25, -0.2) is 5.43 Å². The first-order valence-corrected chi connectivity index (χ1v) is 9.62. The van der Waals surface area contributed by atoms with E-state index in [4.69, 9.17) is 4.74 Å². The van der Waals surface area contributed by atoms with Gasteiger partial charge in [-0.05, 0) is 36.8 Å². The lowest BCUT2D eigenvalue weighted by Crippen LogP contribution is -2.21. The van der Waals surface area contributed by atoms with Gasteiger partial charge in [0.15, 0.2) is 11.0 Å². The molecule has 1 N–H and O–H groups in total. The zero-order valence-corrected chi connectivity index (χ0v) is 16.7. The van der Waals surface area contributed by atoms with Crippen molar-refractivity contribution in [3.63, 3.8) is 0 Å². The van der Waals surface area contributed by atoms with Crippen molar-refractivity contribution >= 4 is 23.4 Å². The Balaban J connectivity index is 1.56. The normalized spacial score (nSPS) is 11.3.